The fourth-order valence-electron chi connectivity index (χ4n) is 1.15. The minimum Gasteiger partial charge on any atom is -0.368 e. The summed E-state index contributed by atoms with van der Waals surface area (Å²) in [6, 6.07) is 1.35. The van der Waals surface area contributed by atoms with Crippen molar-refractivity contribution in [3.05, 3.63) is 29.6 Å². The SMILES string of the molecule is FC(F)(F)c1cnccc1C1CO1. The normalized spacial score (nSPS) is 21.6. The molecule has 1 aromatic rings. The minimum atomic E-state index is -4.34. The van der Waals surface area contributed by atoms with Gasteiger partial charge in [0, 0.05) is 12.4 Å². The number of epoxide rings is 1. The predicted octanol–water partition coefficient (Wildman–Crippen LogP) is 2.17. The molecule has 0 aliphatic carbocycles. The third-order valence-corrected chi connectivity index (χ3v) is 1.84. The van der Waals surface area contributed by atoms with Crippen molar-refractivity contribution in [3.63, 3.8) is 0 Å². The average molecular weight is 189 g/mol. The van der Waals surface area contributed by atoms with Gasteiger partial charge in [-0.05, 0) is 11.6 Å². The smallest absolute Gasteiger partial charge is 0.368 e. The van der Waals surface area contributed by atoms with Crippen molar-refractivity contribution in [1.29, 1.82) is 0 Å². The highest BCUT2D eigenvalue weighted by atomic mass is 19.4. The molecule has 0 aromatic carbocycles. The van der Waals surface area contributed by atoms with E-state index in [0.717, 1.165) is 6.20 Å². The second-order valence-corrected chi connectivity index (χ2v) is 2.78. The largest absolute Gasteiger partial charge is 0.418 e. The van der Waals surface area contributed by atoms with E-state index in [9.17, 15) is 13.2 Å². The topological polar surface area (TPSA) is 25.4 Å². The molecular formula is C8H6F3NO. The van der Waals surface area contributed by atoms with E-state index < -0.39 is 11.7 Å². The molecule has 1 unspecified atom stereocenters. The Hall–Kier alpha value is -1.10. The van der Waals surface area contributed by atoms with E-state index in [0.29, 0.717) is 6.61 Å². The van der Waals surface area contributed by atoms with Gasteiger partial charge in [0.1, 0.15) is 6.10 Å². The molecule has 1 fully saturated rings. The highest BCUT2D eigenvalue weighted by molar-refractivity contribution is 5.30. The molecule has 2 heterocycles. The molecule has 1 aromatic heterocycles. The molecule has 2 rings (SSSR count). The van der Waals surface area contributed by atoms with Gasteiger partial charge >= 0.3 is 6.18 Å². The summed E-state index contributed by atoms with van der Waals surface area (Å²) < 4.78 is 41.8. The van der Waals surface area contributed by atoms with Crippen LogP contribution < -0.4 is 0 Å². The van der Waals surface area contributed by atoms with Gasteiger partial charge in [-0.15, -0.1) is 0 Å². The molecule has 1 aliphatic rings. The number of nitrogens with zero attached hydrogens (tertiary/aromatic N) is 1. The van der Waals surface area contributed by atoms with Crippen molar-refractivity contribution in [2.75, 3.05) is 6.61 Å². The highest BCUT2D eigenvalue weighted by Gasteiger charge is 2.38. The van der Waals surface area contributed by atoms with E-state index in [1.165, 1.54) is 12.3 Å². The van der Waals surface area contributed by atoms with E-state index >= 15 is 0 Å². The van der Waals surface area contributed by atoms with Crippen LogP contribution in [0.2, 0.25) is 0 Å². The van der Waals surface area contributed by atoms with Crippen molar-refractivity contribution in [2.45, 2.75) is 12.3 Å². The number of hydrogen-bond acceptors (Lipinski definition) is 2. The molecule has 0 radical (unpaired) electrons. The lowest BCUT2D eigenvalue weighted by atomic mass is 10.1. The second-order valence-electron chi connectivity index (χ2n) is 2.78. The fraction of sp³-hybridized carbons (Fsp3) is 0.375. The first-order valence-corrected chi connectivity index (χ1v) is 3.72. The van der Waals surface area contributed by atoms with Crippen molar-refractivity contribution in [2.24, 2.45) is 0 Å². The van der Waals surface area contributed by atoms with E-state index in [1.807, 2.05) is 0 Å². The first-order chi connectivity index (χ1) is 6.09. The molecule has 1 aliphatic heterocycles. The van der Waals surface area contributed by atoms with E-state index in [2.05, 4.69) is 4.98 Å². The van der Waals surface area contributed by atoms with Gasteiger partial charge in [0.05, 0.1) is 12.2 Å². The molecule has 2 nitrogen and oxygen atoms in total. The van der Waals surface area contributed by atoms with Gasteiger partial charge in [0.15, 0.2) is 0 Å². The summed E-state index contributed by atoms with van der Waals surface area (Å²) in [6.45, 7) is 0.368. The van der Waals surface area contributed by atoms with Gasteiger partial charge in [0.2, 0.25) is 0 Å². The average Bonchev–Trinajstić information content (AvgIpc) is 2.85. The summed E-state index contributed by atoms with van der Waals surface area (Å²) >= 11 is 0. The Bertz CT molecular complexity index is 319. The van der Waals surface area contributed by atoms with Crippen LogP contribution in [0.15, 0.2) is 18.5 Å². The van der Waals surface area contributed by atoms with Crippen molar-refractivity contribution < 1.29 is 17.9 Å². The van der Waals surface area contributed by atoms with Crippen LogP contribution in [-0.2, 0) is 10.9 Å². The van der Waals surface area contributed by atoms with Crippen LogP contribution in [0.1, 0.15) is 17.2 Å². The van der Waals surface area contributed by atoms with Crippen LogP contribution in [-0.4, -0.2) is 11.6 Å². The number of ether oxygens (including phenoxy) is 1. The van der Waals surface area contributed by atoms with Crippen LogP contribution >= 0.6 is 0 Å². The predicted molar refractivity (Wildman–Crippen MR) is 37.9 cm³/mol. The monoisotopic (exact) mass is 189 g/mol. The van der Waals surface area contributed by atoms with Crippen molar-refractivity contribution in [3.8, 4) is 0 Å². The van der Waals surface area contributed by atoms with E-state index in [1.54, 1.807) is 0 Å². The number of halogens is 3. The highest BCUT2D eigenvalue weighted by Crippen LogP contribution is 2.39. The Labute approximate surface area is 72.4 Å². The summed E-state index contributed by atoms with van der Waals surface area (Å²) in [4.78, 5) is 3.45. The second kappa shape index (κ2) is 2.70. The molecule has 0 amide bonds. The summed E-state index contributed by atoms with van der Waals surface area (Å²) in [6.07, 6.45) is -2.56. The van der Waals surface area contributed by atoms with Gasteiger partial charge < -0.3 is 4.74 Å². The number of hydrogen-bond donors (Lipinski definition) is 0. The van der Waals surface area contributed by atoms with Crippen LogP contribution in [0.25, 0.3) is 0 Å². The Morgan fingerprint density at radius 3 is 2.69 bits per heavy atom. The maximum atomic E-state index is 12.3. The lowest BCUT2D eigenvalue weighted by molar-refractivity contribution is -0.138. The third-order valence-electron chi connectivity index (χ3n) is 1.84. The molecule has 0 N–H and O–H groups in total. The van der Waals surface area contributed by atoms with Gasteiger partial charge in [-0.3, -0.25) is 4.98 Å². The summed E-state index contributed by atoms with van der Waals surface area (Å²) in [5.41, 5.74) is -0.514. The van der Waals surface area contributed by atoms with Gasteiger partial charge in [-0.2, -0.15) is 13.2 Å². The maximum Gasteiger partial charge on any atom is 0.418 e. The lowest BCUT2D eigenvalue weighted by Crippen LogP contribution is -2.09. The molecule has 1 atom stereocenters. The van der Waals surface area contributed by atoms with Crippen LogP contribution in [0.4, 0.5) is 13.2 Å². The zero-order chi connectivity index (χ0) is 9.47. The quantitative estimate of drug-likeness (QED) is 0.632. The van der Waals surface area contributed by atoms with Crippen LogP contribution in [0.3, 0.4) is 0 Å². The molecule has 1 saturated heterocycles. The first kappa shape index (κ1) is 8.50. The Morgan fingerprint density at radius 2 is 2.15 bits per heavy atom. The molecular weight excluding hydrogens is 183 g/mol. The summed E-state index contributed by atoms with van der Waals surface area (Å²) in [5.74, 6) is 0. The van der Waals surface area contributed by atoms with Crippen LogP contribution in [0.5, 0.6) is 0 Å². The summed E-state index contributed by atoms with van der Waals surface area (Å²) in [5, 5.41) is 0. The zero-order valence-electron chi connectivity index (χ0n) is 6.51. The summed E-state index contributed by atoms with van der Waals surface area (Å²) in [7, 11) is 0. The van der Waals surface area contributed by atoms with Gasteiger partial charge in [-0.25, -0.2) is 0 Å². The van der Waals surface area contributed by atoms with Crippen molar-refractivity contribution >= 4 is 0 Å². The lowest BCUT2D eigenvalue weighted by Gasteiger charge is -2.09. The molecule has 0 bridgehead atoms. The Kier molecular flexibility index (Phi) is 1.76. The van der Waals surface area contributed by atoms with Crippen molar-refractivity contribution in [1.82, 2.24) is 4.98 Å². The molecule has 0 saturated carbocycles. The minimum absolute atomic E-state index is 0.183. The molecule has 13 heavy (non-hydrogen) atoms. The van der Waals surface area contributed by atoms with E-state index in [-0.39, 0.29) is 11.7 Å². The van der Waals surface area contributed by atoms with Crippen LogP contribution in [0, 0.1) is 0 Å². The molecule has 0 spiro atoms. The Balaban J connectivity index is 2.43. The number of aromatic nitrogens is 1. The fourth-order valence-corrected chi connectivity index (χ4v) is 1.15. The number of pyridine rings is 1. The number of rotatable bonds is 1. The van der Waals surface area contributed by atoms with Gasteiger partial charge in [-0.1, -0.05) is 0 Å². The van der Waals surface area contributed by atoms with Gasteiger partial charge in [0.25, 0.3) is 0 Å². The maximum absolute atomic E-state index is 12.3. The molecule has 70 valence electrons. The number of alkyl halides is 3. The third kappa shape index (κ3) is 1.65. The Morgan fingerprint density at radius 1 is 1.46 bits per heavy atom. The standard InChI is InChI=1S/C8H6F3NO/c9-8(10,11)6-3-12-2-1-5(6)7-4-13-7/h1-3,7H,4H2. The zero-order valence-corrected chi connectivity index (χ0v) is 6.51. The van der Waals surface area contributed by atoms with E-state index in [4.69, 9.17) is 4.74 Å². The molecule has 5 heteroatoms. The first-order valence-electron chi connectivity index (χ1n) is 3.72.